The Hall–Kier alpha value is -1.43. The maximum Gasteiger partial charge on any atom is 0.253 e. The van der Waals surface area contributed by atoms with Crippen molar-refractivity contribution in [2.75, 3.05) is 39.3 Å². The Labute approximate surface area is 120 Å². The third kappa shape index (κ3) is 4.30. The molecule has 1 aliphatic heterocycles. The van der Waals surface area contributed by atoms with Crippen molar-refractivity contribution in [3.05, 3.63) is 35.9 Å². The summed E-state index contributed by atoms with van der Waals surface area (Å²) in [4.78, 5) is 14.2. The van der Waals surface area contributed by atoms with E-state index in [9.17, 15) is 4.79 Å². The van der Waals surface area contributed by atoms with Gasteiger partial charge in [0.1, 0.15) is 6.10 Å². The summed E-state index contributed by atoms with van der Waals surface area (Å²) in [6.07, 6.45) is 0.471. The van der Waals surface area contributed by atoms with E-state index < -0.39 is 0 Å². The summed E-state index contributed by atoms with van der Waals surface area (Å²) in [5.74, 6) is 0.0404. The Kier molecular flexibility index (Phi) is 5.98. The number of hydrogen-bond acceptors (Lipinski definition) is 4. The third-order valence-corrected chi connectivity index (χ3v) is 3.43. The van der Waals surface area contributed by atoms with Gasteiger partial charge in [-0.1, -0.05) is 30.3 Å². The average molecular weight is 277 g/mol. The van der Waals surface area contributed by atoms with E-state index in [2.05, 4.69) is 17.4 Å². The van der Waals surface area contributed by atoms with Gasteiger partial charge < -0.3 is 20.7 Å². The summed E-state index contributed by atoms with van der Waals surface area (Å²) in [6.45, 7) is 3.72. The second kappa shape index (κ2) is 7.99. The van der Waals surface area contributed by atoms with Gasteiger partial charge in [0.25, 0.3) is 5.91 Å². The second-order valence-electron chi connectivity index (χ2n) is 4.91. The van der Waals surface area contributed by atoms with E-state index in [4.69, 9.17) is 10.5 Å². The molecule has 3 N–H and O–H groups in total. The first-order chi connectivity index (χ1) is 9.81. The summed E-state index contributed by atoms with van der Waals surface area (Å²) in [6, 6.07) is 10.2. The van der Waals surface area contributed by atoms with Crippen LogP contribution in [0.1, 0.15) is 5.56 Å². The van der Waals surface area contributed by atoms with Crippen molar-refractivity contribution < 1.29 is 9.53 Å². The number of nitrogens with zero attached hydrogens (tertiary/aromatic N) is 1. The highest BCUT2D eigenvalue weighted by Crippen LogP contribution is 2.06. The average Bonchev–Trinajstić information content (AvgIpc) is 2.52. The molecular weight excluding hydrogens is 254 g/mol. The number of carbonyl (C=O) groups excluding carboxylic acids is 1. The number of benzene rings is 1. The van der Waals surface area contributed by atoms with Crippen molar-refractivity contribution in [2.24, 2.45) is 5.73 Å². The first-order valence-electron chi connectivity index (χ1n) is 7.16. The van der Waals surface area contributed by atoms with E-state index in [1.54, 1.807) is 0 Å². The molecule has 0 aromatic heterocycles. The first kappa shape index (κ1) is 15.0. The molecule has 1 aliphatic rings. The first-order valence-corrected chi connectivity index (χ1v) is 7.16. The van der Waals surface area contributed by atoms with Crippen LogP contribution < -0.4 is 11.1 Å². The highest BCUT2D eigenvalue weighted by Gasteiger charge is 2.26. The van der Waals surface area contributed by atoms with Crippen molar-refractivity contribution in [3.63, 3.8) is 0 Å². The zero-order chi connectivity index (χ0) is 14.2. The number of rotatable bonds is 6. The van der Waals surface area contributed by atoms with Crippen molar-refractivity contribution in [1.29, 1.82) is 0 Å². The minimum absolute atomic E-state index is 0.0404. The molecule has 5 heteroatoms. The molecule has 110 valence electrons. The van der Waals surface area contributed by atoms with Gasteiger partial charge in [0.05, 0.1) is 6.61 Å². The standard InChI is InChI=1S/C15H23N3O2/c16-7-10-18(9-6-13-4-2-1-3-5-13)15(19)14-12-17-8-11-20-14/h1-5,14,17H,6-12,16H2/t14-/m0/s1. The summed E-state index contributed by atoms with van der Waals surface area (Å²) in [5.41, 5.74) is 6.84. The number of nitrogens with one attached hydrogen (secondary N) is 1. The largest absolute Gasteiger partial charge is 0.366 e. The molecule has 0 spiro atoms. The molecule has 0 saturated carbocycles. The molecule has 1 heterocycles. The predicted octanol–water partition coefficient (Wildman–Crippen LogP) is 0.00480. The van der Waals surface area contributed by atoms with Crippen LogP contribution in [0.15, 0.2) is 30.3 Å². The third-order valence-electron chi connectivity index (χ3n) is 3.43. The Balaban J connectivity index is 1.90. The minimum Gasteiger partial charge on any atom is -0.366 e. The molecular formula is C15H23N3O2. The van der Waals surface area contributed by atoms with Crippen LogP contribution in [0, 0.1) is 0 Å². The molecule has 0 unspecified atom stereocenters. The summed E-state index contributed by atoms with van der Waals surface area (Å²) in [7, 11) is 0. The smallest absolute Gasteiger partial charge is 0.253 e. The van der Waals surface area contributed by atoms with Crippen LogP contribution in [0.2, 0.25) is 0 Å². The maximum absolute atomic E-state index is 12.4. The van der Waals surface area contributed by atoms with Gasteiger partial charge in [-0.05, 0) is 12.0 Å². The molecule has 1 atom stereocenters. The van der Waals surface area contributed by atoms with Gasteiger partial charge in [0.2, 0.25) is 0 Å². The second-order valence-corrected chi connectivity index (χ2v) is 4.91. The molecule has 1 fully saturated rings. The van der Waals surface area contributed by atoms with Crippen LogP contribution in [0.5, 0.6) is 0 Å². The summed E-state index contributed by atoms with van der Waals surface area (Å²) < 4.78 is 5.52. The SMILES string of the molecule is NCCN(CCc1ccccc1)C(=O)[C@@H]1CNCCO1. The van der Waals surface area contributed by atoms with Crippen LogP contribution in [-0.2, 0) is 16.0 Å². The lowest BCUT2D eigenvalue weighted by atomic mass is 10.1. The Bertz CT molecular complexity index is 405. The van der Waals surface area contributed by atoms with Crippen LogP contribution in [-0.4, -0.2) is 56.2 Å². The quantitative estimate of drug-likeness (QED) is 0.768. The highest BCUT2D eigenvalue weighted by molar-refractivity contribution is 5.81. The summed E-state index contributed by atoms with van der Waals surface area (Å²) in [5, 5.41) is 3.18. The number of carbonyl (C=O) groups is 1. The van der Waals surface area contributed by atoms with Gasteiger partial charge in [-0.3, -0.25) is 4.79 Å². The van der Waals surface area contributed by atoms with Gasteiger partial charge >= 0.3 is 0 Å². The number of morpholine rings is 1. The molecule has 1 amide bonds. The van der Waals surface area contributed by atoms with Crippen LogP contribution in [0.4, 0.5) is 0 Å². The number of nitrogens with two attached hydrogens (primary N) is 1. The van der Waals surface area contributed by atoms with Gasteiger partial charge in [-0.25, -0.2) is 0 Å². The minimum atomic E-state index is -0.369. The van der Waals surface area contributed by atoms with E-state index in [0.717, 1.165) is 13.0 Å². The fourth-order valence-electron chi connectivity index (χ4n) is 2.32. The molecule has 1 aromatic rings. The number of hydrogen-bond donors (Lipinski definition) is 2. The molecule has 0 bridgehead atoms. The Morgan fingerprint density at radius 1 is 1.35 bits per heavy atom. The van der Waals surface area contributed by atoms with E-state index in [-0.39, 0.29) is 12.0 Å². The van der Waals surface area contributed by atoms with Crippen LogP contribution in [0.25, 0.3) is 0 Å². The van der Waals surface area contributed by atoms with Crippen molar-refractivity contribution in [2.45, 2.75) is 12.5 Å². The van der Waals surface area contributed by atoms with Crippen LogP contribution >= 0.6 is 0 Å². The Morgan fingerprint density at radius 2 is 2.15 bits per heavy atom. The van der Waals surface area contributed by atoms with Gasteiger partial charge in [-0.15, -0.1) is 0 Å². The van der Waals surface area contributed by atoms with Gasteiger partial charge in [-0.2, -0.15) is 0 Å². The molecule has 0 radical (unpaired) electrons. The van der Waals surface area contributed by atoms with E-state index >= 15 is 0 Å². The summed E-state index contributed by atoms with van der Waals surface area (Å²) >= 11 is 0. The molecule has 0 aliphatic carbocycles. The molecule has 5 nitrogen and oxygen atoms in total. The molecule has 1 aromatic carbocycles. The number of ether oxygens (including phenoxy) is 1. The van der Waals surface area contributed by atoms with Crippen molar-refractivity contribution in [3.8, 4) is 0 Å². The normalized spacial score (nSPS) is 18.8. The maximum atomic E-state index is 12.4. The van der Waals surface area contributed by atoms with E-state index in [1.165, 1.54) is 5.56 Å². The fraction of sp³-hybridized carbons (Fsp3) is 0.533. The molecule has 1 saturated heterocycles. The van der Waals surface area contributed by atoms with Crippen molar-refractivity contribution in [1.82, 2.24) is 10.2 Å². The lowest BCUT2D eigenvalue weighted by Crippen LogP contribution is -2.50. The fourth-order valence-corrected chi connectivity index (χ4v) is 2.32. The predicted molar refractivity (Wildman–Crippen MR) is 78.4 cm³/mol. The van der Waals surface area contributed by atoms with Crippen molar-refractivity contribution >= 4 is 5.91 Å². The van der Waals surface area contributed by atoms with E-state index in [1.807, 2.05) is 23.1 Å². The topological polar surface area (TPSA) is 67.6 Å². The number of amides is 1. The molecule has 20 heavy (non-hydrogen) atoms. The lowest BCUT2D eigenvalue weighted by Gasteiger charge is -2.29. The van der Waals surface area contributed by atoms with Gasteiger partial charge in [0.15, 0.2) is 0 Å². The highest BCUT2D eigenvalue weighted by atomic mass is 16.5. The van der Waals surface area contributed by atoms with Crippen LogP contribution in [0.3, 0.4) is 0 Å². The zero-order valence-electron chi connectivity index (χ0n) is 11.8. The van der Waals surface area contributed by atoms with E-state index in [0.29, 0.717) is 32.8 Å². The molecule has 2 rings (SSSR count). The zero-order valence-corrected chi connectivity index (χ0v) is 11.8. The Morgan fingerprint density at radius 3 is 2.80 bits per heavy atom. The van der Waals surface area contributed by atoms with Gasteiger partial charge in [0, 0.05) is 32.7 Å². The lowest BCUT2D eigenvalue weighted by molar-refractivity contribution is -0.145. The monoisotopic (exact) mass is 277 g/mol.